The minimum Gasteiger partial charge on any atom is -0.489 e. The van der Waals surface area contributed by atoms with Crippen LogP contribution in [-0.2, 0) is 11.4 Å². The molecule has 160 valence electrons. The number of carbonyl (C=O) groups is 2. The smallest absolute Gasteiger partial charge is 0.320 e. The van der Waals surface area contributed by atoms with Gasteiger partial charge in [-0.1, -0.05) is 48.5 Å². The first-order valence-electron chi connectivity index (χ1n) is 9.73. The van der Waals surface area contributed by atoms with Crippen LogP contribution >= 0.6 is 0 Å². The molecule has 3 aromatic carbocycles. The Hall–Kier alpha value is -3.87. The summed E-state index contributed by atoms with van der Waals surface area (Å²) in [6, 6.07) is 20.7. The van der Waals surface area contributed by atoms with Crippen LogP contribution in [0.1, 0.15) is 17.2 Å². The van der Waals surface area contributed by atoms with Crippen molar-refractivity contribution in [1.82, 2.24) is 10.2 Å². The summed E-state index contributed by atoms with van der Waals surface area (Å²) < 4.78 is 19.0. The number of ether oxygens (including phenoxy) is 1. The predicted molar refractivity (Wildman–Crippen MR) is 117 cm³/mol. The molecular weight excluding hydrogens is 397 g/mol. The van der Waals surface area contributed by atoms with E-state index in [4.69, 9.17) is 4.74 Å². The second-order valence-electron chi connectivity index (χ2n) is 7.12. The standard InChI is InChI=1S/C24H24FN3O3/c1-28(2)23(29)22(18-9-4-3-5-10-18)27-24(30)26-20-12-7-13-21(15-20)31-16-17-8-6-11-19(25)14-17/h3-15,22H,16H2,1-2H3,(H2,26,27,30)/t22-/m1/s1. The maximum Gasteiger partial charge on any atom is 0.320 e. The van der Waals surface area contributed by atoms with Crippen molar-refractivity contribution in [3.63, 3.8) is 0 Å². The van der Waals surface area contributed by atoms with Crippen LogP contribution in [0.3, 0.4) is 0 Å². The topological polar surface area (TPSA) is 70.7 Å². The van der Waals surface area contributed by atoms with Crippen molar-refractivity contribution in [2.24, 2.45) is 0 Å². The van der Waals surface area contributed by atoms with Gasteiger partial charge >= 0.3 is 6.03 Å². The van der Waals surface area contributed by atoms with Gasteiger partial charge in [-0.2, -0.15) is 0 Å². The molecule has 0 unspecified atom stereocenters. The van der Waals surface area contributed by atoms with Gasteiger partial charge in [0.25, 0.3) is 0 Å². The van der Waals surface area contributed by atoms with Gasteiger partial charge in [-0.15, -0.1) is 0 Å². The van der Waals surface area contributed by atoms with Crippen molar-refractivity contribution in [3.8, 4) is 5.75 Å². The molecule has 6 nitrogen and oxygen atoms in total. The molecule has 0 spiro atoms. The SMILES string of the molecule is CN(C)C(=O)[C@H](NC(=O)Nc1cccc(OCc2cccc(F)c2)c1)c1ccccc1. The van der Waals surface area contributed by atoms with E-state index in [1.165, 1.54) is 17.0 Å². The van der Waals surface area contributed by atoms with Gasteiger partial charge in [0.1, 0.15) is 24.2 Å². The highest BCUT2D eigenvalue weighted by atomic mass is 19.1. The van der Waals surface area contributed by atoms with Gasteiger partial charge in [-0.3, -0.25) is 4.79 Å². The zero-order valence-corrected chi connectivity index (χ0v) is 17.3. The Morgan fingerprint density at radius 3 is 2.42 bits per heavy atom. The molecule has 0 aliphatic heterocycles. The summed E-state index contributed by atoms with van der Waals surface area (Å²) >= 11 is 0. The van der Waals surface area contributed by atoms with Crippen LogP contribution in [0.15, 0.2) is 78.9 Å². The largest absolute Gasteiger partial charge is 0.489 e. The molecule has 7 heteroatoms. The molecule has 0 aliphatic carbocycles. The monoisotopic (exact) mass is 421 g/mol. The van der Waals surface area contributed by atoms with Crippen molar-refractivity contribution in [1.29, 1.82) is 0 Å². The zero-order chi connectivity index (χ0) is 22.2. The second-order valence-corrected chi connectivity index (χ2v) is 7.12. The van der Waals surface area contributed by atoms with Gasteiger partial charge < -0.3 is 20.3 Å². The lowest BCUT2D eigenvalue weighted by Gasteiger charge is -2.22. The maximum atomic E-state index is 13.3. The molecule has 0 radical (unpaired) electrons. The van der Waals surface area contributed by atoms with E-state index in [1.807, 2.05) is 18.2 Å². The molecule has 31 heavy (non-hydrogen) atoms. The van der Waals surface area contributed by atoms with Crippen molar-refractivity contribution < 1.29 is 18.7 Å². The van der Waals surface area contributed by atoms with Crippen molar-refractivity contribution in [2.45, 2.75) is 12.6 Å². The Bertz CT molecular complexity index is 1040. The number of benzene rings is 3. The normalized spacial score (nSPS) is 11.3. The number of likely N-dealkylation sites (N-methyl/N-ethyl adjacent to an activating group) is 1. The van der Waals surface area contributed by atoms with E-state index < -0.39 is 12.1 Å². The fraction of sp³-hybridized carbons (Fsp3) is 0.167. The molecular formula is C24H24FN3O3. The molecule has 1 atom stereocenters. The van der Waals surface area contributed by atoms with E-state index in [2.05, 4.69) is 10.6 Å². The van der Waals surface area contributed by atoms with Crippen LogP contribution in [-0.4, -0.2) is 30.9 Å². The second kappa shape index (κ2) is 10.2. The highest BCUT2D eigenvalue weighted by Gasteiger charge is 2.24. The lowest BCUT2D eigenvalue weighted by molar-refractivity contribution is -0.130. The number of urea groups is 1. The fourth-order valence-corrected chi connectivity index (χ4v) is 2.95. The molecule has 2 N–H and O–H groups in total. The third-order valence-electron chi connectivity index (χ3n) is 4.48. The maximum absolute atomic E-state index is 13.3. The fourth-order valence-electron chi connectivity index (χ4n) is 2.95. The zero-order valence-electron chi connectivity index (χ0n) is 17.3. The van der Waals surface area contributed by atoms with Gasteiger partial charge in [0.15, 0.2) is 0 Å². The number of rotatable bonds is 7. The molecule has 0 aromatic heterocycles. The third kappa shape index (κ3) is 6.30. The summed E-state index contributed by atoms with van der Waals surface area (Å²) in [5.41, 5.74) is 1.88. The minimum atomic E-state index is -0.816. The summed E-state index contributed by atoms with van der Waals surface area (Å²) in [4.78, 5) is 26.6. The van der Waals surface area contributed by atoms with Crippen LogP contribution in [0, 0.1) is 5.82 Å². The van der Waals surface area contributed by atoms with Crippen LogP contribution in [0.4, 0.5) is 14.9 Å². The van der Waals surface area contributed by atoms with Gasteiger partial charge in [-0.05, 0) is 35.4 Å². The lowest BCUT2D eigenvalue weighted by Crippen LogP contribution is -2.41. The Morgan fingerprint density at radius 2 is 1.71 bits per heavy atom. The van der Waals surface area contributed by atoms with E-state index in [1.54, 1.807) is 62.6 Å². The third-order valence-corrected chi connectivity index (χ3v) is 4.48. The number of halogens is 1. The molecule has 0 saturated carbocycles. The molecule has 0 aliphatic rings. The number of nitrogens with one attached hydrogen (secondary N) is 2. The first-order valence-corrected chi connectivity index (χ1v) is 9.73. The Labute approximate surface area is 180 Å². The van der Waals surface area contributed by atoms with Crippen LogP contribution in [0.2, 0.25) is 0 Å². The number of hydrogen-bond acceptors (Lipinski definition) is 3. The molecule has 0 fully saturated rings. The summed E-state index contributed by atoms with van der Waals surface area (Å²) in [6.07, 6.45) is 0. The molecule has 3 amide bonds. The molecule has 0 heterocycles. The molecule has 0 saturated heterocycles. The summed E-state index contributed by atoms with van der Waals surface area (Å²) in [5, 5.41) is 5.45. The van der Waals surface area contributed by atoms with Crippen molar-refractivity contribution in [2.75, 3.05) is 19.4 Å². The highest BCUT2D eigenvalue weighted by molar-refractivity contribution is 5.94. The number of nitrogens with zero attached hydrogens (tertiary/aromatic N) is 1. The first-order chi connectivity index (χ1) is 14.9. The average Bonchev–Trinajstić information content (AvgIpc) is 2.76. The summed E-state index contributed by atoms with van der Waals surface area (Å²) in [5.74, 6) is -0.0482. The first kappa shape index (κ1) is 21.8. The van der Waals surface area contributed by atoms with Gasteiger partial charge in [0.2, 0.25) is 5.91 Å². The van der Waals surface area contributed by atoms with Gasteiger partial charge in [-0.25, -0.2) is 9.18 Å². The number of anilines is 1. The van der Waals surface area contributed by atoms with Crippen molar-refractivity contribution in [3.05, 3.63) is 95.8 Å². The Balaban J connectivity index is 1.65. The highest BCUT2D eigenvalue weighted by Crippen LogP contribution is 2.20. The number of carbonyl (C=O) groups excluding carboxylic acids is 2. The summed E-state index contributed by atoms with van der Waals surface area (Å²) in [6.45, 7) is 0.195. The summed E-state index contributed by atoms with van der Waals surface area (Å²) in [7, 11) is 3.27. The average molecular weight is 421 g/mol. The van der Waals surface area contributed by atoms with Crippen LogP contribution in [0.25, 0.3) is 0 Å². The molecule has 0 bridgehead atoms. The van der Waals surface area contributed by atoms with E-state index in [0.29, 0.717) is 22.6 Å². The van der Waals surface area contributed by atoms with E-state index in [0.717, 1.165) is 0 Å². The lowest BCUT2D eigenvalue weighted by atomic mass is 10.1. The quantitative estimate of drug-likeness (QED) is 0.596. The van der Waals surface area contributed by atoms with Crippen LogP contribution < -0.4 is 15.4 Å². The number of hydrogen-bond donors (Lipinski definition) is 2. The van der Waals surface area contributed by atoms with Gasteiger partial charge in [0.05, 0.1) is 0 Å². The Kier molecular flexibility index (Phi) is 7.22. The van der Waals surface area contributed by atoms with E-state index in [9.17, 15) is 14.0 Å². The van der Waals surface area contributed by atoms with Gasteiger partial charge in [0, 0.05) is 25.8 Å². The van der Waals surface area contributed by atoms with Crippen LogP contribution in [0.5, 0.6) is 5.75 Å². The number of amides is 3. The van der Waals surface area contributed by atoms with E-state index in [-0.39, 0.29) is 18.3 Å². The van der Waals surface area contributed by atoms with Crippen molar-refractivity contribution >= 4 is 17.6 Å². The molecule has 3 aromatic rings. The molecule has 3 rings (SSSR count). The minimum absolute atomic E-state index is 0.195. The van der Waals surface area contributed by atoms with E-state index >= 15 is 0 Å². The Morgan fingerprint density at radius 1 is 0.968 bits per heavy atom. The predicted octanol–water partition coefficient (Wildman–Crippen LogP) is 4.36.